The van der Waals surface area contributed by atoms with Crippen molar-refractivity contribution < 1.29 is 24.3 Å². The van der Waals surface area contributed by atoms with E-state index in [-0.39, 0.29) is 42.5 Å². The van der Waals surface area contributed by atoms with Gasteiger partial charge in [-0.25, -0.2) is 0 Å². The second-order valence-electron chi connectivity index (χ2n) is 8.80. The molecule has 3 aliphatic heterocycles. The second kappa shape index (κ2) is 9.08. The number of hydrogen-bond donors (Lipinski definition) is 1. The van der Waals surface area contributed by atoms with Crippen LogP contribution in [0.15, 0.2) is 30.3 Å². The Labute approximate surface area is 181 Å². The molecular weight excluding hydrogens is 398 g/mol. The number of anilines is 1. The number of carboxylic acids is 1. The fraction of sp³-hybridized carbons (Fsp3) is 0.565. The molecule has 0 spiro atoms. The van der Waals surface area contributed by atoms with Gasteiger partial charge in [-0.05, 0) is 37.8 Å². The van der Waals surface area contributed by atoms with E-state index in [1.807, 2.05) is 30.3 Å². The number of carboxylic acid groups (broad SMARTS) is 1. The minimum atomic E-state index is -0.839. The summed E-state index contributed by atoms with van der Waals surface area (Å²) in [4.78, 5) is 54.7. The van der Waals surface area contributed by atoms with Gasteiger partial charge in [0.15, 0.2) is 0 Å². The lowest BCUT2D eigenvalue weighted by molar-refractivity contribution is -0.148. The highest BCUT2D eigenvalue weighted by Gasteiger charge is 2.39. The lowest BCUT2D eigenvalue weighted by atomic mass is 9.91. The van der Waals surface area contributed by atoms with Crippen LogP contribution in [0.3, 0.4) is 0 Å². The number of carbonyl (C=O) groups excluding carboxylic acids is 3. The Bertz CT molecular complexity index is 850. The first-order valence-corrected chi connectivity index (χ1v) is 11.1. The quantitative estimate of drug-likeness (QED) is 0.787. The van der Waals surface area contributed by atoms with Crippen molar-refractivity contribution >= 4 is 29.4 Å². The molecule has 0 bridgehead atoms. The summed E-state index contributed by atoms with van der Waals surface area (Å²) >= 11 is 0. The molecule has 8 nitrogen and oxygen atoms in total. The van der Waals surface area contributed by atoms with Gasteiger partial charge in [-0.15, -0.1) is 0 Å². The maximum absolute atomic E-state index is 13.0. The Balaban J connectivity index is 1.30. The highest BCUT2D eigenvalue weighted by Crippen LogP contribution is 2.29. The maximum Gasteiger partial charge on any atom is 0.308 e. The zero-order chi connectivity index (χ0) is 22.0. The van der Waals surface area contributed by atoms with Gasteiger partial charge in [0.05, 0.1) is 11.8 Å². The highest BCUT2D eigenvalue weighted by atomic mass is 16.4. The van der Waals surface area contributed by atoms with E-state index >= 15 is 0 Å². The standard InChI is InChI=1S/C23H29N3O5/c27-20-13-18(15-26(20)19-6-2-1-3-7-19)22(29)24-11-8-16(9-12-24)21(28)25-10-4-5-17(14-25)23(30)31/h1-3,6-7,16-18H,4-5,8-15H2,(H,30,31)/t17-,18+/m1/s1. The molecule has 3 fully saturated rings. The zero-order valence-electron chi connectivity index (χ0n) is 17.6. The number of amides is 3. The van der Waals surface area contributed by atoms with Crippen molar-refractivity contribution in [3.05, 3.63) is 30.3 Å². The third-order valence-electron chi connectivity index (χ3n) is 6.78. The van der Waals surface area contributed by atoms with Crippen LogP contribution in [0.1, 0.15) is 32.1 Å². The SMILES string of the molecule is O=C(O)[C@@H]1CCCN(C(=O)C2CCN(C(=O)[C@H]3CC(=O)N(c4ccccc4)C3)CC2)C1. The van der Waals surface area contributed by atoms with Gasteiger partial charge in [0.1, 0.15) is 0 Å². The minimum absolute atomic E-state index is 0.0124. The average Bonchev–Trinajstić information content (AvgIpc) is 3.20. The number of piperidine rings is 2. The van der Waals surface area contributed by atoms with Gasteiger partial charge in [-0.1, -0.05) is 18.2 Å². The average molecular weight is 428 g/mol. The lowest BCUT2D eigenvalue weighted by Crippen LogP contribution is -2.49. The van der Waals surface area contributed by atoms with E-state index < -0.39 is 11.9 Å². The third-order valence-corrected chi connectivity index (χ3v) is 6.78. The summed E-state index contributed by atoms with van der Waals surface area (Å²) in [5.41, 5.74) is 0.813. The van der Waals surface area contributed by atoms with Gasteiger partial charge in [0, 0.05) is 50.7 Å². The number of benzene rings is 1. The number of likely N-dealkylation sites (tertiary alicyclic amines) is 2. The molecule has 0 radical (unpaired) electrons. The molecule has 0 aromatic heterocycles. The lowest BCUT2D eigenvalue weighted by Gasteiger charge is -2.37. The Morgan fingerprint density at radius 3 is 2.16 bits per heavy atom. The van der Waals surface area contributed by atoms with Crippen molar-refractivity contribution in [1.82, 2.24) is 9.80 Å². The third kappa shape index (κ3) is 4.57. The molecule has 3 amide bonds. The number of para-hydroxylation sites is 1. The smallest absolute Gasteiger partial charge is 0.308 e. The van der Waals surface area contributed by atoms with Crippen molar-refractivity contribution in [2.45, 2.75) is 32.1 Å². The molecule has 2 atom stereocenters. The van der Waals surface area contributed by atoms with Crippen molar-refractivity contribution in [1.29, 1.82) is 0 Å². The van der Waals surface area contributed by atoms with Gasteiger partial charge < -0.3 is 19.8 Å². The monoisotopic (exact) mass is 427 g/mol. The predicted octanol–water partition coefficient (Wildman–Crippen LogP) is 1.60. The second-order valence-corrected chi connectivity index (χ2v) is 8.80. The number of hydrogen-bond acceptors (Lipinski definition) is 4. The first-order chi connectivity index (χ1) is 14.9. The topological polar surface area (TPSA) is 98.2 Å². The molecule has 1 N–H and O–H groups in total. The zero-order valence-corrected chi connectivity index (χ0v) is 17.6. The van der Waals surface area contributed by atoms with Crippen LogP contribution in [0.2, 0.25) is 0 Å². The Morgan fingerprint density at radius 2 is 1.48 bits per heavy atom. The van der Waals surface area contributed by atoms with Crippen LogP contribution in [-0.4, -0.2) is 71.3 Å². The molecule has 31 heavy (non-hydrogen) atoms. The van der Waals surface area contributed by atoms with Crippen molar-refractivity contribution in [3.8, 4) is 0 Å². The van der Waals surface area contributed by atoms with Crippen molar-refractivity contribution in [2.24, 2.45) is 17.8 Å². The van der Waals surface area contributed by atoms with Crippen LogP contribution in [-0.2, 0) is 19.2 Å². The molecule has 166 valence electrons. The van der Waals surface area contributed by atoms with Crippen LogP contribution < -0.4 is 4.90 Å². The molecular formula is C23H29N3O5. The van der Waals surface area contributed by atoms with Gasteiger partial charge >= 0.3 is 5.97 Å². The van der Waals surface area contributed by atoms with E-state index in [9.17, 15) is 24.3 Å². The molecule has 0 unspecified atom stereocenters. The Hall–Kier alpha value is -2.90. The van der Waals surface area contributed by atoms with E-state index in [1.165, 1.54) is 0 Å². The Morgan fingerprint density at radius 1 is 0.806 bits per heavy atom. The van der Waals surface area contributed by atoms with Crippen LogP contribution in [0.5, 0.6) is 0 Å². The first-order valence-electron chi connectivity index (χ1n) is 11.1. The fourth-order valence-electron chi connectivity index (χ4n) is 4.97. The van der Waals surface area contributed by atoms with Crippen molar-refractivity contribution in [3.63, 3.8) is 0 Å². The molecule has 0 saturated carbocycles. The largest absolute Gasteiger partial charge is 0.481 e. The first kappa shape index (κ1) is 21.3. The van der Waals surface area contributed by atoms with Gasteiger partial charge in [0.2, 0.25) is 17.7 Å². The van der Waals surface area contributed by atoms with Gasteiger partial charge in [0.25, 0.3) is 0 Å². The summed E-state index contributed by atoms with van der Waals surface area (Å²) in [7, 11) is 0. The van der Waals surface area contributed by atoms with E-state index in [0.29, 0.717) is 51.9 Å². The number of nitrogens with zero attached hydrogens (tertiary/aromatic N) is 3. The van der Waals surface area contributed by atoms with Gasteiger partial charge in [-0.2, -0.15) is 0 Å². The number of aliphatic carboxylic acids is 1. The van der Waals surface area contributed by atoms with E-state index in [0.717, 1.165) is 5.69 Å². The van der Waals surface area contributed by atoms with Crippen LogP contribution in [0.4, 0.5) is 5.69 Å². The minimum Gasteiger partial charge on any atom is -0.481 e. The fourth-order valence-corrected chi connectivity index (χ4v) is 4.97. The molecule has 4 rings (SSSR count). The molecule has 8 heteroatoms. The summed E-state index contributed by atoms with van der Waals surface area (Å²) in [5, 5.41) is 9.25. The molecule has 3 saturated heterocycles. The highest BCUT2D eigenvalue weighted by molar-refractivity contribution is 6.00. The predicted molar refractivity (Wildman–Crippen MR) is 113 cm³/mol. The van der Waals surface area contributed by atoms with E-state index in [1.54, 1.807) is 14.7 Å². The molecule has 3 heterocycles. The van der Waals surface area contributed by atoms with Gasteiger partial charge in [-0.3, -0.25) is 19.2 Å². The summed E-state index contributed by atoms with van der Waals surface area (Å²) in [5.74, 6) is -1.86. The van der Waals surface area contributed by atoms with E-state index in [2.05, 4.69) is 0 Å². The number of carbonyl (C=O) groups is 4. The van der Waals surface area contributed by atoms with Crippen LogP contribution >= 0.6 is 0 Å². The summed E-state index contributed by atoms with van der Waals surface area (Å²) in [6, 6.07) is 9.39. The van der Waals surface area contributed by atoms with Crippen molar-refractivity contribution in [2.75, 3.05) is 37.6 Å². The van der Waals surface area contributed by atoms with Crippen LogP contribution in [0, 0.1) is 17.8 Å². The van der Waals surface area contributed by atoms with E-state index in [4.69, 9.17) is 0 Å². The number of rotatable bonds is 4. The Kier molecular flexibility index (Phi) is 6.25. The molecule has 0 aliphatic carbocycles. The molecule has 1 aromatic carbocycles. The summed E-state index contributed by atoms with van der Waals surface area (Å²) in [6.45, 7) is 2.29. The normalized spacial score (nSPS) is 25.0. The summed E-state index contributed by atoms with van der Waals surface area (Å²) in [6.07, 6.45) is 2.72. The van der Waals surface area contributed by atoms with Crippen LogP contribution in [0.25, 0.3) is 0 Å². The summed E-state index contributed by atoms with van der Waals surface area (Å²) < 4.78 is 0. The maximum atomic E-state index is 13.0. The molecule has 1 aromatic rings. The molecule has 3 aliphatic rings.